The summed E-state index contributed by atoms with van der Waals surface area (Å²) >= 11 is 0. The van der Waals surface area contributed by atoms with E-state index in [9.17, 15) is 0 Å². The minimum absolute atomic E-state index is 0.00643. The molecule has 1 aromatic heterocycles. The van der Waals surface area contributed by atoms with E-state index in [1.54, 1.807) is 0 Å². The minimum atomic E-state index is -0.173. The highest BCUT2D eigenvalue weighted by Crippen LogP contribution is 2.56. The van der Waals surface area contributed by atoms with E-state index in [1.807, 2.05) is 0 Å². The molecule has 2 aliphatic heterocycles. The fourth-order valence-electron chi connectivity index (χ4n) is 14.0. The van der Waals surface area contributed by atoms with Crippen molar-refractivity contribution in [2.75, 3.05) is 14.7 Å². The van der Waals surface area contributed by atoms with Crippen LogP contribution in [-0.2, 0) is 27.1 Å². The zero-order chi connectivity index (χ0) is 50.7. The summed E-state index contributed by atoms with van der Waals surface area (Å²) in [5, 5.41) is 2.24. The van der Waals surface area contributed by atoms with Crippen LogP contribution in [0.25, 0.3) is 21.9 Å². The van der Waals surface area contributed by atoms with E-state index in [1.165, 1.54) is 84.6 Å². The molecule has 13 rings (SSSR count). The normalized spacial score (nSPS) is 17.5. The quantitative estimate of drug-likeness (QED) is 0.160. The summed E-state index contributed by atoms with van der Waals surface area (Å²) in [5.74, 6) is 0. The summed E-state index contributed by atoms with van der Waals surface area (Å²) in [4.78, 5) is 7.76. The molecule has 0 amide bonds. The van der Waals surface area contributed by atoms with Crippen molar-refractivity contribution in [2.24, 2.45) is 0 Å². The number of para-hydroxylation sites is 3. The average molecular weight is 954 g/mol. The van der Waals surface area contributed by atoms with Crippen LogP contribution in [0.4, 0.5) is 51.2 Å². The Morgan fingerprint density at radius 1 is 0.466 bits per heavy atom. The van der Waals surface area contributed by atoms with Gasteiger partial charge in [-0.25, -0.2) is 0 Å². The first-order valence-electron chi connectivity index (χ1n) is 26.8. The average Bonchev–Trinajstić information content (AvgIpc) is 3.82. The third-order valence-electron chi connectivity index (χ3n) is 17.7. The Kier molecular flexibility index (Phi) is 9.75. The highest BCUT2D eigenvalue weighted by atomic mass is 16.3. The summed E-state index contributed by atoms with van der Waals surface area (Å²) in [6, 6.07) is 59.8. The van der Waals surface area contributed by atoms with Crippen LogP contribution in [0.2, 0.25) is 0 Å². The van der Waals surface area contributed by atoms with Gasteiger partial charge in [0.1, 0.15) is 11.2 Å². The molecule has 8 aromatic carbocycles. The first-order valence-corrected chi connectivity index (χ1v) is 26.8. The maximum Gasteiger partial charge on any atom is 0.252 e. The molecule has 0 radical (unpaired) electrons. The van der Waals surface area contributed by atoms with Gasteiger partial charge in [0.15, 0.2) is 0 Å². The zero-order valence-corrected chi connectivity index (χ0v) is 45.0. The fourth-order valence-corrected chi connectivity index (χ4v) is 14.0. The molecule has 0 saturated heterocycles. The number of rotatable bonds is 5. The largest absolute Gasteiger partial charge is 0.456 e. The summed E-state index contributed by atoms with van der Waals surface area (Å²) in [7, 11) is 0. The van der Waals surface area contributed by atoms with Crippen LogP contribution in [0.3, 0.4) is 0 Å². The van der Waals surface area contributed by atoms with Gasteiger partial charge >= 0.3 is 0 Å². The van der Waals surface area contributed by atoms with Crippen molar-refractivity contribution >= 4 is 96.2 Å². The van der Waals surface area contributed by atoms with Gasteiger partial charge in [-0.2, -0.15) is 0 Å². The summed E-state index contributed by atoms with van der Waals surface area (Å²) in [6.45, 7) is 29.2. The maximum atomic E-state index is 6.74. The first kappa shape index (κ1) is 45.9. The molecule has 73 heavy (non-hydrogen) atoms. The molecular formula is C68H68BN3O. The molecule has 2 aliphatic carbocycles. The van der Waals surface area contributed by atoms with Crippen molar-refractivity contribution in [3.05, 3.63) is 191 Å². The molecule has 0 N–H and O–H groups in total. The number of hydrogen-bond donors (Lipinski definition) is 0. The lowest BCUT2D eigenvalue weighted by molar-refractivity contribution is 0.332. The van der Waals surface area contributed by atoms with Gasteiger partial charge in [-0.15, -0.1) is 0 Å². The van der Waals surface area contributed by atoms with E-state index in [0.717, 1.165) is 57.5 Å². The van der Waals surface area contributed by atoms with Crippen LogP contribution in [-0.4, -0.2) is 6.71 Å². The predicted molar refractivity (Wildman–Crippen MR) is 312 cm³/mol. The van der Waals surface area contributed by atoms with E-state index in [0.29, 0.717) is 0 Å². The van der Waals surface area contributed by atoms with Crippen molar-refractivity contribution < 1.29 is 4.42 Å². The summed E-state index contributed by atoms with van der Waals surface area (Å²) in [5.41, 5.74) is 25.0. The number of aryl methyl sites for hydroxylation is 1. The fraction of sp³-hybridized carbons (Fsp3) is 0.294. The highest BCUT2D eigenvalue weighted by Gasteiger charge is 2.49. The molecular weight excluding hydrogens is 886 g/mol. The predicted octanol–water partition coefficient (Wildman–Crippen LogP) is 17.1. The molecule has 0 atom stereocenters. The van der Waals surface area contributed by atoms with E-state index < -0.39 is 0 Å². The first-order chi connectivity index (χ1) is 34.7. The van der Waals surface area contributed by atoms with E-state index in [2.05, 4.69) is 256 Å². The van der Waals surface area contributed by atoms with Crippen LogP contribution in [0, 0.1) is 6.92 Å². The minimum Gasteiger partial charge on any atom is -0.456 e. The number of hydrogen-bond acceptors (Lipinski definition) is 4. The number of fused-ring (bicyclic) bond motifs is 9. The summed E-state index contributed by atoms with van der Waals surface area (Å²) in [6.07, 6.45) is 3.44. The Morgan fingerprint density at radius 3 is 1.64 bits per heavy atom. The number of furan rings is 1. The van der Waals surface area contributed by atoms with Crippen LogP contribution in [0.5, 0.6) is 0 Å². The van der Waals surface area contributed by atoms with Crippen LogP contribution in [0.1, 0.15) is 129 Å². The van der Waals surface area contributed by atoms with Crippen molar-refractivity contribution in [3.63, 3.8) is 0 Å². The Labute approximate surface area is 433 Å². The molecule has 0 bridgehead atoms. The SMILES string of the molecule is Cc1cc2c(cc1N1c3cc4c(cc3B3c5ccc(N(c6ccccc6)c6ccccc6)cc5N(c5cccc6oc7ccccc7c56)c5cc(C(C)(C)C)cc1c53)C(C)(C)CC4(C)C)C(C)(C)CCC2(C)C. The topological polar surface area (TPSA) is 22.9 Å². The Hall–Kier alpha value is -6.98. The van der Waals surface area contributed by atoms with Gasteiger partial charge in [-0.1, -0.05) is 155 Å². The van der Waals surface area contributed by atoms with E-state index in [-0.39, 0.29) is 33.8 Å². The Bertz CT molecular complexity index is 3700. The molecule has 4 nitrogen and oxygen atoms in total. The highest BCUT2D eigenvalue weighted by molar-refractivity contribution is 7.00. The third-order valence-corrected chi connectivity index (χ3v) is 17.7. The zero-order valence-electron chi connectivity index (χ0n) is 45.0. The molecule has 0 saturated carbocycles. The smallest absolute Gasteiger partial charge is 0.252 e. The maximum absolute atomic E-state index is 6.74. The van der Waals surface area contributed by atoms with Gasteiger partial charge < -0.3 is 19.1 Å². The molecule has 0 fully saturated rings. The standard InChI is InChI=1S/C68H68BN3O/c1-42-34-48-50(66(7,8)33-32-65(48,5)6)39-55(42)72-57-40-51-49(67(9,10)41-68(51,11)12)38-53(57)69-52-31-30-46(70(44-22-15-13-16-23-44)45-24-17-14-18-25-45)37-56(52)71(58-35-43(64(2,3)4)36-59(72)63(58)69)54-27-21-29-61-62(54)47-26-19-20-28-60(47)73-61/h13-31,34-40H,32-33,41H2,1-12H3. The molecule has 5 heteroatoms. The molecule has 9 aromatic rings. The van der Waals surface area contributed by atoms with Gasteiger partial charge in [-0.05, 0) is 182 Å². The second-order valence-electron chi connectivity index (χ2n) is 25.6. The lowest BCUT2D eigenvalue weighted by Gasteiger charge is -2.47. The molecule has 0 spiro atoms. The molecule has 4 aliphatic rings. The third kappa shape index (κ3) is 6.86. The second kappa shape index (κ2) is 15.5. The van der Waals surface area contributed by atoms with E-state index in [4.69, 9.17) is 4.42 Å². The van der Waals surface area contributed by atoms with Crippen LogP contribution in [0.15, 0.2) is 162 Å². The molecule has 0 unspecified atom stereocenters. The molecule has 364 valence electrons. The van der Waals surface area contributed by atoms with Crippen molar-refractivity contribution in [2.45, 2.75) is 129 Å². The Morgan fingerprint density at radius 2 is 1.00 bits per heavy atom. The van der Waals surface area contributed by atoms with Gasteiger partial charge in [0.25, 0.3) is 6.71 Å². The van der Waals surface area contributed by atoms with Gasteiger partial charge in [-0.3, -0.25) is 0 Å². The Balaban J connectivity index is 1.18. The lowest BCUT2D eigenvalue weighted by atomic mass is 9.33. The van der Waals surface area contributed by atoms with Crippen molar-refractivity contribution in [3.8, 4) is 0 Å². The number of benzene rings is 8. The van der Waals surface area contributed by atoms with Gasteiger partial charge in [0.2, 0.25) is 0 Å². The van der Waals surface area contributed by atoms with Gasteiger partial charge in [0, 0.05) is 50.9 Å². The van der Waals surface area contributed by atoms with E-state index >= 15 is 0 Å². The lowest BCUT2D eigenvalue weighted by Crippen LogP contribution is -2.61. The monoisotopic (exact) mass is 954 g/mol. The van der Waals surface area contributed by atoms with Crippen molar-refractivity contribution in [1.29, 1.82) is 0 Å². The van der Waals surface area contributed by atoms with Crippen LogP contribution >= 0.6 is 0 Å². The number of nitrogens with zero attached hydrogens (tertiary/aromatic N) is 3. The van der Waals surface area contributed by atoms with Crippen LogP contribution < -0.4 is 31.1 Å². The molecule has 3 heterocycles. The van der Waals surface area contributed by atoms with Gasteiger partial charge in [0.05, 0.1) is 11.1 Å². The summed E-state index contributed by atoms with van der Waals surface area (Å²) < 4.78 is 6.74. The van der Waals surface area contributed by atoms with Crippen molar-refractivity contribution in [1.82, 2.24) is 0 Å². The second-order valence-corrected chi connectivity index (χ2v) is 25.6. The number of anilines is 9.